The first-order valence-corrected chi connectivity index (χ1v) is 9.22. The van der Waals surface area contributed by atoms with Gasteiger partial charge in [0.2, 0.25) is 0 Å². The van der Waals surface area contributed by atoms with Crippen LogP contribution < -0.4 is 5.32 Å². The Bertz CT molecular complexity index is 645. The van der Waals surface area contributed by atoms with Gasteiger partial charge in [0.15, 0.2) is 0 Å². The van der Waals surface area contributed by atoms with Gasteiger partial charge < -0.3 is 5.32 Å². The number of nitrogens with one attached hydrogen (secondary N) is 1. The van der Waals surface area contributed by atoms with Gasteiger partial charge in [-0.15, -0.1) is 3.89 Å². The number of nitrogens with zero attached hydrogens (tertiary/aromatic N) is 2. The highest BCUT2D eigenvalue weighted by atomic mass is 35.5. The van der Waals surface area contributed by atoms with Crippen LogP contribution in [0.2, 0.25) is 10.0 Å². The Morgan fingerprint density at radius 2 is 1.95 bits per heavy atom. The Morgan fingerprint density at radius 3 is 2.41 bits per heavy atom. The first-order valence-electron chi connectivity index (χ1n) is 7.10. The molecule has 1 saturated heterocycles. The smallest absolute Gasteiger partial charge is 0.275 e. The van der Waals surface area contributed by atoms with E-state index in [4.69, 9.17) is 23.2 Å². The van der Waals surface area contributed by atoms with Gasteiger partial charge in [-0.2, -0.15) is 12.9 Å². The minimum Gasteiger partial charge on any atom is -0.319 e. The standard InChI is InChI=1S/C14H20Cl2FN3OS/c1-9(2)14-12(15)4-11(5-13(14)16)19-22(17,21)20-7-10(8-20)6-18-3/h4-5,9-10,18H,6-8H2,1-3H3. The average Bonchev–Trinajstić information content (AvgIpc) is 2.30. The van der Waals surface area contributed by atoms with E-state index in [9.17, 15) is 8.09 Å². The highest BCUT2D eigenvalue weighted by Crippen LogP contribution is 2.36. The molecule has 0 bridgehead atoms. The van der Waals surface area contributed by atoms with Crippen LogP contribution in [0.4, 0.5) is 9.57 Å². The normalized spacial score (nSPS) is 19.0. The zero-order valence-corrected chi connectivity index (χ0v) is 15.1. The van der Waals surface area contributed by atoms with E-state index >= 15 is 0 Å². The summed E-state index contributed by atoms with van der Waals surface area (Å²) < 4.78 is 31.4. The molecule has 1 atom stereocenters. The van der Waals surface area contributed by atoms with Crippen molar-refractivity contribution in [1.29, 1.82) is 0 Å². The average molecular weight is 368 g/mol. The molecule has 2 rings (SSSR count). The predicted octanol–water partition coefficient (Wildman–Crippen LogP) is 4.17. The van der Waals surface area contributed by atoms with Crippen molar-refractivity contribution in [3.63, 3.8) is 0 Å². The predicted molar refractivity (Wildman–Crippen MR) is 90.9 cm³/mol. The zero-order valence-electron chi connectivity index (χ0n) is 12.8. The summed E-state index contributed by atoms with van der Waals surface area (Å²) in [5, 5.41) is 3.84. The quantitative estimate of drug-likeness (QED) is 0.793. The lowest BCUT2D eigenvalue weighted by Gasteiger charge is -2.37. The van der Waals surface area contributed by atoms with Crippen LogP contribution in [0.25, 0.3) is 0 Å². The first kappa shape index (κ1) is 17.9. The molecule has 0 aromatic heterocycles. The van der Waals surface area contributed by atoms with E-state index in [1.807, 2.05) is 20.9 Å². The molecule has 1 aromatic carbocycles. The van der Waals surface area contributed by atoms with Gasteiger partial charge in [-0.05, 0) is 36.6 Å². The van der Waals surface area contributed by atoms with Gasteiger partial charge >= 0.3 is 0 Å². The Labute approximate surface area is 141 Å². The minimum absolute atomic E-state index is 0.140. The second-order valence-electron chi connectivity index (χ2n) is 5.77. The van der Waals surface area contributed by atoms with Crippen molar-refractivity contribution >= 4 is 39.2 Å². The molecule has 8 heteroatoms. The number of hydrogen-bond acceptors (Lipinski definition) is 3. The highest BCUT2D eigenvalue weighted by molar-refractivity contribution is 7.86. The lowest BCUT2D eigenvalue weighted by atomic mass is 10.0. The van der Waals surface area contributed by atoms with Crippen LogP contribution >= 0.6 is 23.2 Å². The molecule has 0 radical (unpaired) electrons. The number of rotatable bonds is 5. The molecule has 0 spiro atoms. The molecule has 1 aliphatic rings. The Kier molecular flexibility index (Phi) is 5.72. The van der Waals surface area contributed by atoms with Crippen LogP contribution in [0.1, 0.15) is 25.3 Å². The fourth-order valence-electron chi connectivity index (χ4n) is 2.49. The summed E-state index contributed by atoms with van der Waals surface area (Å²) >= 11 is 12.3. The highest BCUT2D eigenvalue weighted by Gasteiger charge is 2.34. The SMILES string of the molecule is CNCC1CN(S(=O)(F)=Nc2cc(Cl)c(C(C)C)c(Cl)c2)C1. The summed E-state index contributed by atoms with van der Waals surface area (Å²) in [7, 11) is -2.10. The second kappa shape index (κ2) is 7.01. The fraction of sp³-hybridized carbons (Fsp3) is 0.571. The van der Waals surface area contributed by atoms with Crippen molar-refractivity contribution in [3.8, 4) is 0 Å². The summed E-state index contributed by atoms with van der Waals surface area (Å²) in [5.41, 5.74) is 0.981. The molecule has 1 aromatic rings. The fourth-order valence-corrected chi connectivity index (χ4v) is 4.67. The van der Waals surface area contributed by atoms with Crippen LogP contribution in [0.5, 0.6) is 0 Å². The molecule has 0 aliphatic carbocycles. The molecule has 0 amide bonds. The van der Waals surface area contributed by atoms with Gasteiger partial charge in [-0.1, -0.05) is 37.0 Å². The van der Waals surface area contributed by atoms with Crippen LogP contribution in [-0.4, -0.2) is 35.2 Å². The minimum atomic E-state index is -3.93. The van der Waals surface area contributed by atoms with E-state index in [2.05, 4.69) is 9.68 Å². The topological polar surface area (TPSA) is 44.7 Å². The van der Waals surface area contributed by atoms with Crippen molar-refractivity contribution in [1.82, 2.24) is 9.62 Å². The van der Waals surface area contributed by atoms with Gasteiger partial charge in [-0.25, -0.2) is 0 Å². The van der Waals surface area contributed by atoms with E-state index in [0.29, 0.717) is 29.1 Å². The van der Waals surface area contributed by atoms with Crippen molar-refractivity contribution in [2.24, 2.45) is 10.3 Å². The molecule has 0 saturated carbocycles. The Hall–Kier alpha value is -0.400. The largest absolute Gasteiger partial charge is 0.319 e. The van der Waals surface area contributed by atoms with Crippen molar-refractivity contribution in [3.05, 3.63) is 27.7 Å². The van der Waals surface area contributed by atoms with E-state index in [-0.39, 0.29) is 11.6 Å². The molecule has 1 fully saturated rings. The zero-order chi connectivity index (χ0) is 16.5. The molecule has 1 heterocycles. The van der Waals surface area contributed by atoms with E-state index < -0.39 is 10.3 Å². The summed E-state index contributed by atoms with van der Waals surface area (Å²) in [6, 6.07) is 3.01. The lowest BCUT2D eigenvalue weighted by Crippen LogP contribution is -2.51. The third kappa shape index (κ3) is 3.92. The number of benzene rings is 1. The molecule has 22 heavy (non-hydrogen) atoms. The Morgan fingerprint density at radius 1 is 1.41 bits per heavy atom. The molecule has 124 valence electrons. The summed E-state index contributed by atoms with van der Waals surface area (Å²) in [4.78, 5) is 0. The monoisotopic (exact) mass is 367 g/mol. The molecule has 1 aliphatic heterocycles. The maximum absolute atomic E-state index is 14.3. The lowest BCUT2D eigenvalue weighted by molar-refractivity contribution is 0.199. The van der Waals surface area contributed by atoms with Gasteiger partial charge in [0.25, 0.3) is 10.3 Å². The number of hydrogen-bond donors (Lipinski definition) is 1. The molecular formula is C14H20Cl2FN3OS. The van der Waals surface area contributed by atoms with Crippen LogP contribution in [0.15, 0.2) is 16.5 Å². The maximum Gasteiger partial charge on any atom is 0.275 e. The van der Waals surface area contributed by atoms with Crippen molar-refractivity contribution in [2.75, 3.05) is 26.7 Å². The maximum atomic E-state index is 14.3. The van der Waals surface area contributed by atoms with Crippen molar-refractivity contribution in [2.45, 2.75) is 19.8 Å². The molecule has 1 unspecified atom stereocenters. The van der Waals surface area contributed by atoms with Gasteiger partial charge in [0.1, 0.15) is 0 Å². The summed E-state index contributed by atoms with van der Waals surface area (Å²) in [6.45, 7) is 5.54. The Balaban J connectivity index is 2.24. The molecule has 4 nitrogen and oxygen atoms in total. The van der Waals surface area contributed by atoms with E-state index in [0.717, 1.165) is 12.1 Å². The summed E-state index contributed by atoms with van der Waals surface area (Å²) in [6.07, 6.45) is 0. The first-order chi connectivity index (χ1) is 10.2. The van der Waals surface area contributed by atoms with Gasteiger partial charge in [0, 0.05) is 29.7 Å². The number of halogens is 3. The second-order valence-corrected chi connectivity index (χ2v) is 8.15. The van der Waals surface area contributed by atoms with Crippen LogP contribution in [0, 0.1) is 5.92 Å². The van der Waals surface area contributed by atoms with Crippen LogP contribution in [0.3, 0.4) is 0 Å². The van der Waals surface area contributed by atoms with E-state index in [1.54, 1.807) is 0 Å². The third-order valence-corrected chi connectivity index (χ3v) is 5.59. The van der Waals surface area contributed by atoms with Crippen LogP contribution in [-0.2, 0) is 10.3 Å². The van der Waals surface area contributed by atoms with Gasteiger partial charge in [-0.3, -0.25) is 0 Å². The molecule has 1 N–H and O–H groups in total. The van der Waals surface area contributed by atoms with Crippen molar-refractivity contribution < 1.29 is 8.09 Å². The third-order valence-electron chi connectivity index (χ3n) is 3.59. The van der Waals surface area contributed by atoms with Gasteiger partial charge in [0.05, 0.1) is 5.69 Å². The molecular weight excluding hydrogens is 348 g/mol. The summed E-state index contributed by atoms with van der Waals surface area (Å²) in [5.74, 6) is 0.439. The van der Waals surface area contributed by atoms with E-state index in [1.165, 1.54) is 16.4 Å².